The van der Waals surface area contributed by atoms with Crippen LogP contribution >= 0.6 is 0 Å². The van der Waals surface area contributed by atoms with E-state index in [-0.39, 0.29) is 0 Å². The molecule has 3 N–H and O–H groups in total. The van der Waals surface area contributed by atoms with E-state index in [2.05, 4.69) is 4.90 Å². The van der Waals surface area contributed by atoms with E-state index in [4.69, 9.17) is 10.8 Å². The Balaban J connectivity index is 2.12. The van der Waals surface area contributed by atoms with Gasteiger partial charge in [0.25, 0.3) is 0 Å². The van der Waals surface area contributed by atoms with Crippen LogP contribution in [0.25, 0.3) is 0 Å². The number of hydrogen-bond acceptors (Lipinski definition) is 3. The molecule has 12 heavy (non-hydrogen) atoms. The standard InChI is InChI=1S/C9H20N2O/c10-5-1-2-6-11-7-3-4-9(11)8-12/h9,12H,1-8,10H2/t9-/m1/s1. The molecule has 3 heteroatoms. The highest BCUT2D eigenvalue weighted by Gasteiger charge is 2.22. The first kappa shape index (κ1) is 9.96. The third-order valence-electron chi connectivity index (χ3n) is 2.61. The summed E-state index contributed by atoms with van der Waals surface area (Å²) in [6.45, 7) is 3.39. The summed E-state index contributed by atoms with van der Waals surface area (Å²) in [6, 6.07) is 0.433. The number of aliphatic hydroxyl groups is 1. The van der Waals surface area contributed by atoms with E-state index in [1.807, 2.05) is 0 Å². The van der Waals surface area contributed by atoms with Crippen LogP contribution in [0.2, 0.25) is 0 Å². The normalized spacial score (nSPS) is 25.0. The molecule has 0 amide bonds. The molecule has 1 fully saturated rings. The Morgan fingerprint density at radius 2 is 2.25 bits per heavy atom. The molecule has 0 saturated carbocycles. The van der Waals surface area contributed by atoms with Crippen LogP contribution in [0.4, 0.5) is 0 Å². The molecular formula is C9H20N2O. The van der Waals surface area contributed by atoms with Crippen LogP contribution in [0.5, 0.6) is 0 Å². The van der Waals surface area contributed by atoms with Crippen LogP contribution in [0.3, 0.4) is 0 Å². The highest BCUT2D eigenvalue weighted by atomic mass is 16.3. The maximum absolute atomic E-state index is 9.03. The molecule has 0 spiro atoms. The summed E-state index contributed by atoms with van der Waals surface area (Å²) >= 11 is 0. The molecule has 0 aromatic carbocycles. The lowest BCUT2D eigenvalue weighted by Crippen LogP contribution is -2.33. The van der Waals surface area contributed by atoms with Crippen LogP contribution in [0.1, 0.15) is 25.7 Å². The van der Waals surface area contributed by atoms with E-state index in [0.29, 0.717) is 12.6 Å². The zero-order chi connectivity index (χ0) is 8.81. The zero-order valence-corrected chi connectivity index (χ0v) is 7.71. The Bertz CT molecular complexity index is 119. The third kappa shape index (κ3) is 2.73. The first-order valence-electron chi connectivity index (χ1n) is 4.93. The van der Waals surface area contributed by atoms with Gasteiger partial charge in [-0.15, -0.1) is 0 Å². The smallest absolute Gasteiger partial charge is 0.0586 e. The van der Waals surface area contributed by atoms with Gasteiger partial charge in [-0.25, -0.2) is 0 Å². The molecular weight excluding hydrogens is 152 g/mol. The fourth-order valence-electron chi connectivity index (χ4n) is 1.86. The predicted molar refractivity (Wildman–Crippen MR) is 50.0 cm³/mol. The lowest BCUT2D eigenvalue weighted by Gasteiger charge is -2.22. The molecule has 0 unspecified atom stereocenters. The van der Waals surface area contributed by atoms with Crippen LogP contribution in [0.15, 0.2) is 0 Å². The Morgan fingerprint density at radius 1 is 1.42 bits per heavy atom. The van der Waals surface area contributed by atoms with Crippen LogP contribution < -0.4 is 5.73 Å². The molecule has 1 aliphatic heterocycles. The molecule has 0 aliphatic carbocycles. The van der Waals surface area contributed by atoms with Crippen molar-refractivity contribution in [1.82, 2.24) is 4.90 Å². The van der Waals surface area contributed by atoms with Crippen molar-refractivity contribution in [2.24, 2.45) is 5.73 Å². The van der Waals surface area contributed by atoms with Crippen LogP contribution in [-0.2, 0) is 0 Å². The molecule has 0 aromatic heterocycles. The third-order valence-corrected chi connectivity index (χ3v) is 2.61. The molecule has 0 radical (unpaired) electrons. The number of aliphatic hydroxyl groups excluding tert-OH is 1. The maximum Gasteiger partial charge on any atom is 0.0586 e. The molecule has 3 nitrogen and oxygen atoms in total. The number of nitrogens with zero attached hydrogens (tertiary/aromatic N) is 1. The number of likely N-dealkylation sites (tertiary alicyclic amines) is 1. The number of hydrogen-bond donors (Lipinski definition) is 2. The summed E-state index contributed by atoms with van der Waals surface area (Å²) in [6.07, 6.45) is 4.69. The quantitative estimate of drug-likeness (QED) is 0.582. The minimum absolute atomic E-state index is 0.322. The van der Waals surface area contributed by atoms with Crippen molar-refractivity contribution in [3.05, 3.63) is 0 Å². The van der Waals surface area contributed by atoms with Gasteiger partial charge in [0.2, 0.25) is 0 Å². The van der Waals surface area contributed by atoms with Gasteiger partial charge in [0.15, 0.2) is 0 Å². The second-order valence-electron chi connectivity index (χ2n) is 3.51. The Labute approximate surface area is 74.5 Å². The number of unbranched alkanes of at least 4 members (excludes halogenated alkanes) is 1. The van der Waals surface area contributed by atoms with Gasteiger partial charge >= 0.3 is 0 Å². The van der Waals surface area contributed by atoms with Crippen LogP contribution in [-0.4, -0.2) is 42.3 Å². The number of nitrogens with two attached hydrogens (primary N) is 1. The first-order valence-corrected chi connectivity index (χ1v) is 4.93. The summed E-state index contributed by atoms with van der Waals surface area (Å²) < 4.78 is 0. The second kappa shape index (κ2) is 5.51. The Hall–Kier alpha value is -0.120. The van der Waals surface area contributed by atoms with Gasteiger partial charge in [-0.3, -0.25) is 4.90 Å². The largest absolute Gasteiger partial charge is 0.395 e. The van der Waals surface area contributed by atoms with E-state index < -0.39 is 0 Å². The molecule has 1 aliphatic rings. The summed E-state index contributed by atoms with van der Waals surface area (Å²) in [4.78, 5) is 2.38. The summed E-state index contributed by atoms with van der Waals surface area (Å²) in [5, 5.41) is 9.03. The SMILES string of the molecule is NCCCCN1CCC[C@@H]1CO. The molecule has 0 bridgehead atoms. The summed E-state index contributed by atoms with van der Waals surface area (Å²) in [5.74, 6) is 0. The summed E-state index contributed by atoms with van der Waals surface area (Å²) in [7, 11) is 0. The van der Waals surface area contributed by atoms with Crippen LogP contribution in [0, 0.1) is 0 Å². The second-order valence-corrected chi connectivity index (χ2v) is 3.51. The molecule has 0 aromatic rings. The minimum Gasteiger partial charge on any atom is -0.395 e. The van der Waals surface area contributed by atoms with Crippen molar-refractivity contribution in [3.63, 3.8) is 0 Å². The fraction of sp³-hybridized carbons (Fsp3) is 1.00. The zero-order valence-electron chi connectivity index (χ0n) is 7.71. The molecule has 1 rings (SSSR count). The number of rotatable bonds is 5. The van der Waals surface area contributed by atoms with Crippen molar-refractivity contribution >= 4 is 0 Å². The van der Waals surface area contributed by atoms with E-state index in [1.54, 1.807) is 0 Å². The van der Waals surface area contributed by atoms with E-state index in [9.17, 15) is 0 Å². The predicted octanol–water partition coefficient (Wildman–Crippen LogP) is 0.182. The van der Waals surface area contributed by atoms with Gasteiger partial charge in [-0.05, 0) is 45.3 Å². The molecule has 1 atom stereocenters. The molecule has 72 valence electrons. The van der Waals surface area contributed by atoms with E-state index >= 15 is 0 Å². The van der Waals surface area contributed by atoms with E-state index in [1.165, 1.54) is 19.3 Å². The Kier molecular flexibility index (Phi) is 4.58. The van der Waals surface area contributed by atoms with E-state index in [0.717, 1.165) is 26.1 Å². The van der Waals surface area contributed by atoms with Gasteiger partial charge in [-0.1, -0.05) is 0 Å². The maximum atomic E-state index is 9.03. The molecule has 1 saturated heterocycles. The van der Waals surface area contributed by atoms with Gasteiger partial charge in [0.05, 0.1) is 6.61 Å². The lowest BCUT2D eigenvalue weighted by molar-refractivity contribution is 0.157. The van der Waals surface area contributed by atoms with Gasteiger partial charge in [0, 0.05) is 6.04 Å². The Morgan fingerprint density at radius 3 is 2.92 bits per heavy atom. The van der Waals surface area contributed by atoms with Gasteiger partial charge in [-0.2, -0.15) is 0 Å². The fourth-order valence-corrected chi connectivity index (χ4v) is 1.86. The van der Waals surface area contributed by atoms with Crippen molar-refractivity contribution < 1.29 is 5.11 Å². The van der Waals surface area contributed by atoms with Crippen molar-refractivity contribution in [3.8, 4) is 0 Å². The van der Waals surface area contributed by atoms with Gasteiger partial charge < -0.3 is 10.8 Å². The van der Waals surface area contributed by atoms with Gasteiger partial charge in [0.1, 0.15) is 0 Å². The monoisotopic (exact) mass is 172 g/mol. The first-order chi connectivity index (χ1) is 5.88. The summed E-state index contributed by atoms with van der Waals surface area (Å²) in [5.41, 5.74) is 5.41. The minimum atomic E-state index is 0.322. The van der Waals surface area contributed by atoms with Crippen molar-refractivity contribution in [1.29, 1.82) is 0 Å². The van der Waals surface area contributed by atoms with Crippen molar-refractivity contribution in [2.75, 3.05) is 26.2 Å². The average molecular weight is 172 g/mol. The van der Waals surface area contributed by atoms with Crippen molar-refractivity contribution in [2.45, 2.75) is 31.7 Å². The highest BCUT2D eigenvalue weighted by Crippen LogP contribution is 2.16. The average Bonchev–Trinajstić information content (AvgIpc) is 2.52. The highest BCUT2D eigenvalue weighted by molar-refractivity contribution is 4.77. The topological polar surface area (TPSA) is 49.5 Å². The lowest BCUT2D eigenvalue weighted by atomic mass is 10.2. The molecule has 1 heterocycles.